The third-order valence-corrected chi connectivity index (χ3v) is 3.72. The number of benzene rings is 1. The van der Waals surface area contributed by atoms with E-state index in [4.69, 9.17) is 0 Å². The number of fused-ring (bicyclic) bond motifs is 1. The van der Waals surface area contributed by atoms with Gasteiger partial charge in [0.1, 0.15) is 0 Å². The summed E-state index contributed by atoms with van der Waals surface area (Å²) < 4.78 is 0. The van der Waals surface area contributed by atoms with Crippen molar-refractivity contribution in [2.75, 3.05) is 0 Å². The lowest BCUT2D eigenvalue weighted by atomic mass is 9.86. The first-order chi connectivity index (χ1) is 9.71. The quantitative estimate of drug-likeness (QED) is 0.632. The van der Waals surface area contributed by atoms with E-state index < -0.39 is 5.54 Å². The zero-order valence-electron chi connectivity index (χ0n) is 10.9. The first-order valence-corrected chi connectivity index (χ1v) is 6.53. The zero-order valence-corrected chi connectivity index (χ0v) is 10.9. The van der Waals surface area contributed by atoms with Gasteiger partial charge in [-0.3, -0.25) is 15.1 Å². The van der Waals surface area contributed by atoms with Crippen molar-refractivity contribution in [2.45, 2.75) is 18.4 Å². The number of pyridine rings is 1. The molecule has 0 N–H and O–H groups in total. The predicted molar refractivity (Wildman–Crippen MR) is 78.1 cm³/mol. The standard InChI is InChI=1S/C16H14N2O2/c19-18(20)16(9-4-1-5-10-16)12-15-14-7-3-2-6-13(14)8-11-17-15/h1-9,11H,10,12H2. The Balaban J connectivity index is 2.06. The molecule has 2 aromatic rings. The van der Waals surface area contributed by atoms with Gasteiger partial charge in [0, 0.05) is 22.9 Å². The van der Waals surface area contributed by atoms with Crippen LogP contribution >= 0.6 is 0 Å². The van der Waals surface area contributed by atoms with Gasteiger partial charge in [-0.15, -0.1) is 0 Å². The molecule has 0 aliphatic heterocycles. The van der Waals surface area contributed by atoms with E-state index in [1.165, 1.54) is 0 Å². The summed E-state index contributed by atoms with van der Waals surface area (Å²) in [5.41, 5.74) is -0.300. The highest BCUT2D eigenvalue weighted by molar-refractivity contribution is 5.84. The van der Waals surface area contributed by atoms with Crippen LogP contribution in [0.1, 0.15) is 12.1 Å². The Hall–Kier alpha value is -2.49. The van der Waals surface area contributed by atoms with E-state index in [0.717, 1.165) is 16.5 Å². The fourth-order valence-corrected chi connectivity index (χ4v) is 2.60. The highest BCUT2D eigenvalue weighted by Gasteiger charge is 2.40. The fourth-order valence-electron chi connectivity index (χ4n) is 2.60. The van der Waals surface area contributed by atoms with Gasteiger partial charge in [0.05, 0.1) is 12.1 Å². The zero-order chi connectivity index (χ0) is 14.0. The highest BCUT2D eigenvalue weighted by Crippen LogP contribution is 2.28. The van der Waals surface area contributed by atoms with Crippen molar-refractivity contribution in [3.8, 4) is 0 Å². The maximum absolute atomic E-state index is 11.5. The van der Waals surface area contributed by atoms with Crippen molar-refractivity contribution < 1.29 is 4.92 Å². The van der Waals surface area contributed by atoms with Crippen LogP contribution in [0.5, 0.6) is 0 Å². The van der Waals surface area contributed by atoms with Crippen molar-refractivity contribution in [1.82, 2.24) is 4.98 Å². The second-order valence-electron chi connectivity index (χ2n) is 5.01. The second kappa shape index (κ2) is 4.89. The summed E-state index contributed by atoms with van der Waals surface area (Å²) in [6.07, 6.45) is 9.54. The van der Waals surface area contributed by atoms with E-state index in [2.05, 4.69) is 4.98 Å². The van der Waals surface area contributed by atoms with Gasteiger partial charge < -0.3 is 0 Å². The number of rotatable bonds is 3. The minimum absolute atomic E-state index is 0.198. The second-order valence-corrected chi connectivity index (χ2v) is 5.01. The molecule has 0 amide bonds. The molecule has 0 radical (unpaired) electrons. The highest BCUT2D eigenvalue weighted by atomic mass is 16.6. The average Bonchev–Trinajstić information content (AvgIpc) is 2.48. The first kappa shape index (κ1) is 12.5. The van der Waals surface area contributed by atoms with Crippen LogP contribution in [0.25, 0.3) is 10.8 Å². The molecule has 1 heterocycles. The third-order valence-electron chi connectivity index (χ3n) is 3.72. The van der Waals surface area contributed by atoms with Gasteiger partial charge in [-0.05, 0) is 17.5 Å². The largest absolute Gasteiger partial charge is 0.264 e. The Kier molecular flexibility index (Phi) is 3.06. The van der Waals surface area contributed by atoms with Crippen LogP contribution in [0.2, 0.25) is 0 Å². The van der Waals surface area contributed by atoms with Crippen molar-refractivity contribution in [3.05, 3.63) is 76.6 Å². The number of nitrogens with zero attached hydrogens (tertiary/aromatic N) is 2. The van der Waals surface area contributed by atoms with E-state index >= 15 is 0 Å². The van der Waals surface area contributed by atoms with Gasteiger partial charge in [0.15, 0.2) is 0 Å². The van der Waals surface area contributed by atoms with Crippen molar-refractivity contribution in [2.24, 2.45) is 0 Å². The maximum atomic E-state index is 11.5. The molecule has 1 atom stereocenters. The summed E-state index contributed by atoms with van der Waals surface area (Å²) in [5, 5.41) is 13.6. The monoisotopic (exact) mass is 266 g/mol. The van der Waals surface area contributed by atoms with Crippen LogP contribution in [0.15, 0.2) is 60.8 Å². The molecule has 1 aromatic heterocycles. The van der Waals surface area contributed by atoms with Crippen LogP contribution in [0, 0.1) is 10.1 Å². The molecule has 4 nitrogen and oxygen atoms in total. The SMILES string of the molecule is O=[N+]([O-])C1(Cc2nccc3ccccc23)C=CC=CC1. The molecule has 1 unspecified atom stereocenters. The molecule has 3 rings (SSSR count). The Bertz CT molecular complexity index is 716. The Morgan fingerprint density at radius 2 is 2.10 bits per heavy atom. The van der Waals surface area contributed by atoms with Crippen molar-refractivity contribution in [1.29, 1.82) is 0 Å². The average molecular weight is 266 g/mol. The number of hydrogen-bond donors (Lipinski definition) is 0. The summed E-state index contributed by atoms with van der Waals surface area (Å²) in [4.78, 5) is 15.7. The van der Waals surface area contributed by atoms with Gasteiger partial charge in [-0.2, -0.15) is 0 Å². The number of aromatic nitrogens is 1. The number of allylic oxidation sites excluding steroid dienone is 2. The van der Waals surface area contributed by atoms with Gasteiger partial charge in [-0.1, -0.05) is 42.5 Å². The van der Waals surface area contributed by atoms with Gasteiger partial charge in [0.2, 0.25) is 5.54 Å². The lowest BCUT2D eigenvalue weighted by molar-refractivity contribution is -0.554. The summed E-state index contributed by atoms with van der Waals surface area (Å²) in [6.45, 7) is 0. The molecule has 0 saturated heterocycles. The summed E-state index contributed by atoms with van der Waals surface area (Å²) in [6, 6.07) is 9.78. The first-order valence-electron chi connectivity index (χ1n) is 6.53. The Labute approximate surface area is 116 Å². The van der Waals surface area contributed by atoms with Crippen LogP contribution in [-0.4, -0.2) is 15.4 Å². The lowest BCUT2D eigenvalue weighted by Crippen LogP contribution is -2.39. The van der Waals surface area contributed by atoms with Gasteiger partial charge >= 0.3 is 0 Å². The molecule has 20 heavy (non-hydrogen) atoms. The normalized spacial score (nSPS) is 21.2. The van der Waals surface area contributed by atoms with Gasteiger partial charge in [-0.25, -0.2) is 0 Å². The predicted octanol–water partition coefficient (Wildman–Crippen LogP) is 3.31. The van der Waals surface area contributed by atoms with E-state index in [9.17, 15) is 10.1 Å². The Morgan fingerprint density at radius 1 is 1.25 bits per heavy atom. The van der Waals surface area contributed by atoms with Crippen molar-refractivity contribution >= 4 is 10.8 Å². The summed E-state index contributed by atoms with van der Waals surface area (Å²) in [5.74, 6) is 0. The van der Waals surface area contributed by atoms with E-state index in [0.29, 0.717) is 12.8 Å². The molecule has 4 heteroatoms. The molecule has 0 saturated carbocycles. The number of nitro groups is 1. The molecule has 0 spiro atoms. The Morgan fingerprint density at radius 3 is 2.85 bits per heavy atom. The van der Waals surface area contributed by atoms with Crippen LogP contribution in [-0.2, 0) is 6.42 Å². The molecule has 0 bridgehead atoms. The van der Waals surface area contributed by atoms with Crippen molar-refractivity contribution in [3.63, 3.8) is 0 Å². The molecular weight excluding hydrogens is 252 g/mol. The molecule has 1 aliphatic carbocycles. The van der Waals surface area contributed by atoms with Gasteiger partial charge in [0.25, 0.3) is 0 Å². The van der Waals surface area contributed by atoms with E-state index in [1.807, 2.05) is 42.5 Å². The number of hydrogen-bond acceptors (Lipinski definition) is 3. The lowest BCUT2D eigenvalue weighted by Gasteiger charge is -2.22. The van der Waals surface area contributed by atoms with E-state index in [-0.39, 0.29) is 4.92 Å². The summed E-state index contributed by atoms with van der Waals surface area (Å²) in [7, 11) is 0. The molecule has 0 fully saturated rings. The molecular formula is C16H14N2O2. The third kappa shape index (κ3) is 2.09. The van der Waals surface area contributed by atoms with Crippen LogP contribution in [0.4, 0.5) is 0 Å². The van der Waals surface area contributed by atoms with Crippen LogP contribution < -0.4 is 0 Å². The molecule has 1 aliphatic rings. The topological polar surface area (TPSA) is 56.0 Å². The van der Waals surface area contributed by atoms with E-state index in [1.54, 1.807) is 18.3 Å². The van der Waals surface area contributed by atoms with Crippen LogP contribution in [0.3, 0.4) is 0 Å². The fraction of sp³-hybridized carbons (Fsp3) is 0.188. The maximum Gasteiger partial charge on any atom is 0.249 e. The smallest absolute Gasteiger partial charge is 0.249 e. The minimum Gasteiger partial charge on any atom is -0.264 e. The minimum atomic E-state index is -1.08. The molecule has 1 aromatic carbocycles. The summed E-state index contributed by atoms with van der Waals surface area (Å²) >= 11 is 0. The molecule has 100 valence electrons.